The Morgan fingerprint density at radius 2 is 1.87 bits per heavy atom. The molecule has 0 N–H and O–H groups in total. The molecule has 1 aromatic heterocycles. The van der Waals surface area contributed by atoms with Crippen molar-refractivity contribution in [1.29, 1.82) is 0 Å². The van der Waals surface area contributed by atoms with E-state index in [-0.39, 0.29) is 17.2 Å². The molecule has 2 aromatic rings. The molecule has 0 atom stereocenters. The molecule has 3 fully saturated rings. The molecule has 3 heterocycles. The highest BCUT2D eigenvalue weighted by atomic mass is 16.6. The summed E-state index contributed by atoms with van der Waals surface area (Å²) in [5, 5.41) is 15.1. The molecule has 0 unspecified atom stereocenters. The second-order valence-electron chi connectivity index (χ2n) is 9.11. The van der Waals surface area contributed by atoms with E-state index in [4.69, 9.17) is 4.74 Å². The fraction of sp³-hybridized carbons (Fsp3) is 0.545. The number of nitro groups is 1. The number of nitrogens with zero attached hydrogens (tertiary/aromatic N) is 5. The van der Waals surface area contributed by atoms with Gasteiger partial charge in [-0.2, -0.15) is 5.10 Å². The Kier molecular flexibility index (Phi) is 5.13. The van der Waals surface area contributed by atoms with Gasteiger partial charge in [0.15, 0.2) is 0 Å². The SMILES string of the molecule is O=C(Oc1ccc([N+](=O)[O-])cc1)N1CCC2(CC(N3CCC(n4cccn4)CC3)C2)C1. The highest BCUT2D eigenvalue weighted by Gasteiger charge is 2.51. The molecule has 1 spiro atoms. The summed E-state index contributed by atoms with van der Waals surface area (Å²) >= 11 is 0. The lowest BCUT2D eigenvalue weighted by Crippen LogP contribution is -2.54. The Hall–Kier alpha value is -2.94. The van der Waals surface area contributed by atoms with E-state index in [1.807, 2.05) is 12.3 Å². The molecule has 9 heteroatoms. The zero-order chi connectivity index (χ0) is 21.4. The number of likely N-dealkylation sites (tertiary alicyclic amines) is 2. The molecule has 1 aromatic carbocycles. The van der Waals surface area contributed by atoms with Gasteiger partial charge in [0, 0.05) is 56.7 Å². The maximum atomic E-state index is 12.5. The van der Waals surface area contributed by atoms with Crippen LogP contribution in [0.5, 0.6) is 5.75 Å². The predicted octanol–water partition coefficient (Wildman–Crippen LogP) is 3.48. The van der Waals surface area contributed by atoms with Crippen LogP contribution in [-0.4, -0.2) is 62.8 Å². The van der Waals surface area contributed by atoms with Crippen molar-refractivity contribution in [2.24, 2.45) is 5.41 Å². The van der Waals surface area contributed by atoms with Crippen LogP contribution >= 0.6 is 0 Å². The minimum absolute atomic E-state index is 0.0194. The molecule has 164 valence electrons. The summed E-state index contributed by atoms with van der Waals surface area (Å²) in [7, 11) is 0. The quantitative estimate of drug-likeness (QED) is 0.550. The molecule has 5 rings (SSSR count). The number of hydrogen-bond donors (Lipinski definition) is 0. The largest absolute Gasteiger partial charge is 0.415 e. The number of carbonyl (C=O) groups is 1. The number of benzene rings is 1. The summed E-state index contributed by atoms with van der Waals surface area (Å²) in [6.45, 7) is 3.66. The van der Waals surface area contributed by atoms with Gasteiger partial charge >= 0.3 is 6.09 Å². The maximum absolute atomic E-state index is 12.5. The molecule has 0 radical (unpaired) electrons. The number of non-ortho nitro benzene ring substituents is 1. The Balaban J connectivity index is 1.09. The highest BCUT2D eigenvalue weighted by Crippen LogP contribution is 2.50. The van der Waals surface area contributed by atoms with Crippen molar-refractivity contribution in [2.75, 3.05) is 26.2 Å². The van der Waals surface area contributed by atoms with E-state index in [0.717, 1.165) is 51.7 Å². The van der Waals surface area contributed by atoms with Crippen LogP contribution in [-0.2, 0) is 0 Å². The monoisotopic (exact) mass is 425 g/mol. The van der Waals surface area contributed by atoms with E-state index >= 15 is 0 Å². The zero-order valence-electron chi connectivity index (χ0n) is 17.4. The number of aromatic nitrogens is 2. The molecular formula is C22H27N5O4. The fourth-order valence-corrected chi connectivity index (χ4v) is 5.44. The number of rotatable bonds is 4. The molecule has 2 saturated heterocycles. The van der Waals surface area contributed by atoms with E-state index < -0.39 is 4.92 Å². The van der Waals surface area contributed by atoms with Crippen LogP contribution in [0.4, 0.5) is 10.5 Å². The van der Waals surface area contributed by atoms with Gasteiger partial charge in [-0.25, -0.2) is 4.79 Å². The lowest BCUT2D eigenvalue weighted by Gasteiger charge is -2.51. The summed E-state index contributed by atoms with van der Waals surface area (Å²) in [5.41, 5.74) is 0.201. The first-order valence-corrected chi connectivity index (χ1v) is 11.0. The third-order valence-corrected chi connectivity index (χ3v) is 7.20. The Bertz CT molecular complexity index is 931. The number of nitro benzene ring substituents is 1. The van der Waals surface area contributed by atoms with Crippen LogP contribution in [0.1, 0.15) is 38.1 Å². The molecule has 1 aliphatic carbocycles. The first kappa shape index (κ1) is 20.0. The first-order valence-electron chi connectivity index (χ1n) is 11.0. The Morgan fingerprint density at radius 3 is 2.52 bits per heavy atom. The number of amides is 1. The van der Waals surface area contributed by atoms with Gasteiger partial charge in [0.1, 0.15) is 5.75 Å². The van der Waals surface area contributed by atoms with Gasteiger partial charge in [0.05, 0.1) is 11.0 Å². The van der Waals surface area contributed by atoms with E-state index in [1.165, 1.54) is 24.3 Å². The predicted molar refractivity (Wildman–Crippen MR) is 113 cm³/mol. The minimum atomic E-state index is -0.470. The van der Waals surface area contributed by atoms with Crippen molar-refractivity contribution in [3.8, 4) is 5.75 Å². The second kappa shape index (κ2) is 7.96. The lowest BCUT2D eigenvalue weighted by molar-refractivity contribution is -0.384. The van der Waals surface area contributed by atoms with E-state index in [9.17, 15) is 14.9 Å². The fourth-order valence-electron chi connectivity index (χ4n) is 5.44. The van der Waals surface area contributed by atoms with Crippen molar-refractivity contribution in [3.05, 3.63) is 52.8 Å². The number of carbonyl (C=O) groups excluding carboxylic acids is 1. The van der Waals surface area contributed by atoms with Gasteiger partial charge < -0.3 is 14.5 Å². The van der Waals surface area contributed by atoms with E-state index in [0.29, 0.717) is 24.4 Å². The molecule has 3 aliphatic rings. The lowest BCUT2D eigenvalue weighted by atomic mass is 9.64. The average molecular weight is 425 g/mol. The van der Waals surface area contributed by atoms with Gasteiger partial charge in [-0.05, 0) is 55.7 Å². The molecule has 2 aliphatic heterocycles. The highest BCUT2D eigenvalue weighted by molar-refractivity contribution is 5.71. The third-order valence-electron chi connectivity index (χ3n) is 7.20. The normalized spacial score (nSPS) is 26.7. The molecule has 0 bridgehead atoms. The zero-order valence-corrected chi connectivity index (χ0v) is 17.4. The topological polar surface area (TPSA) is 93.7 Å². The number of ether oxygens (including phenoxy) is 1. The molecule has 1 amide bonds. The Labute approximate surface area is 180 Å². The van der Waals surface area contributed by atoms with Crippen molar-refractivity contribution >= 4 is 11.8 Å². The summed E-state index contributed by atoms with van der Waals surface area (Å²) in [5.74, 6) is 0.336. The smallest absolute Gasteiger partial charge is 0.410 e. The van der Waals surface area contributed by atoms with Gasteiger partial charge in [0.2, 0.25) is 0 Å². The van der Waals surface area contributed by atoms with Crippen LogP contribution in [0.3, 0.4) is 0 Å². The van der Waals surface area contributed by atoms with Crippen LogP contribution in [0.25, 0.3) is 0 Å². The van der Waals surface area contributed by atoms with Crippen molar-refractivity contribution in [1.82, 2.24) is 19.6 Å². The van der Waals surface area contributed by atoms with Crippen LogP contribution in [0, 0.1) is 15.5 Å². The van der Waals surface area contributed by atoms with Crippen LogP contribution in [0.15, 0.2) is 42.7 Å². The molecule has 9 nitrogen and oxygen atoms in total. The summed E-state index contributed by atoms with van der Waals surface area (Å²) < 4.78 is 7.52. The van der Waals surface area contributed by atoms with Gasteiger partial charge in [0.25, 0.3) is 5.69 Å². The first-order chi connectivity index (χ1) is 15.0. The number of hydrogen-bond acceptors (Lipinski definition) is 6. The standard InChI is InChI=1S/C22H27N5O4/c28-21(31-20-4-2-18(3-5-20)27(29)30)25-13-8-22(16-25)14-19(15-22)24-11-6-17(7-12-24)26-10-1-9-23-26/h1-5,9-10,17,19H,6-8,11-16H2. The second-order valence-corrected chi connectivity index (χ2v) is 9.11. The molecular weight excluding hydrogens is 398 g/mol. The summed E-state index contributed by atoms with van der Waals surface area (Å²) in [6.07, 6.45) is 9.11. The molecule has 31 heavy (non-hydrogen) atoms. The molecule has 1 saturated carbocycles. The van der Waals surface area contributed by atoms with Crippen molar-refractivity contribution in [2.45, 2.75) is 44.2 Å². The van der Waals surface area contributed by atoms with Gasteiger partial charge in [-0.15, -0.1) is 0 Å². The van der Waals surface area contributed by atoms with Gasteiger partial charge in [-0.1, -0.05) is 0 Å². The summed E-state index contributed by atoms with van der Waals surface area (Å²) in [4.78, 5) is 27.2. The van der Waals surface area contributed by atoms with Crippen molar-refractivity contribution in [3.63, 3.8) is 0 Å². The third kappa shape index (κ3) is 4.01. The Morgan fingerprint density at radius 1 is 1.13 bits per heavy atom. The van der Waals surface area contributed by atoms with E-state index in [1.54, 1.807) is 4.90 Å². The van der Waals surface area contributed by atoms with E-state index in [2.05, 4.69) is 20.9 Å². The van der Waals surface area contributed by atoms with Gasteiger partial charge in [-0.3, -0.25) is 14.8 Å². The number of piperidine rings is 1. The summed E-state index contributed by atoms with van der Waals surface area (Å²) in [6, 6.07) is 8.74. The maximum Gasteiger partial charge on any atom is 0.415 e. The van der Waals surface area contributed by atoms with Crippen molar-refractivity contribution < 1.29 is 14.5 Å². The van der Waals surface area contributed by atoms with Crippen LogP contribution in [0.2, 0.25) is 0 Å². The van der Waals surface area contributed by atoms with Crippen LogP contribution < -0.4 is 4.74 Å². The minimum Gasteiger partial charge on any atom is -0.410 e. The average Bonchev–Trinajstić information content (AvgIpc) is 3.44.